The maximum Gasteiger partial charge on any atom is 0.303 e. The summed E-state index contributed by atoms with van der Waals surface area (Å²) in [4.78, 5) is 21.8. The monoisotopic (exact) mass is 272 g/mol. The van der Waals surface area contributed by atoms with Crippen molar-refractivity contribution < 1.29 is 28.5 Å². The van der Waals surface area contributed by atoms with E-state index in [0.717, 1.165) is 6.42 Å². The quantitative estimate of drug-likeness (QED) is 0.534. The van der Waals surface area contributed by atoms with Crippen molar-refractivity contribution in [1.82, 2.24) is 0 Å². The van der Waals surface area contributed by atoms with Gasteiger partial charge in [-0.25, -0.2) is 0 Å². The van der Waals surface area contributed by atoms with Gasteiger partial charge in [0.05, 0.1) is 0 Å². The van der Waals surface area contributed by atoms with E-state index in [4.69, 9.17) is 18.9 Å². The Kier molecular flexibility index (Phi) is 6.52. The van der Waals surface area contributed by atoms with E-state index < -0.39 is 30.4 Å². The molecule has 0 unspecified atom stereocenters. The number of hydrogen-bond acceptors (Lipinski definition) is 6. The van der Waals surface area contributed by atoms with Gasteiger partial charge in [0.2, 0.25) is 0 Å². The highest BCUT2D eigenvalue weighted by Crippen LogP contribution is 2.18. The fraction of sp³-hybridized carbons (Fsp3) is 0.692. The highest BCUT2D eigenvalue weighted by Gasteiger charge is 2.30. The lowest BCUT2D eigenvalue weighted by Crippen LogP contribution is -2.42. The first-order valence-electron chi connectivity index (χ1n) is 6.29. The molecule has 0 saturated carbocycles. The highest BCUT2D eigenvalue weighted by molar-refractivity contribution is 5.66. The predicted octanol–water partition coefficient (Wildman–Crippen LogP) is 1.19. The molecule has 0 bridgehead atoms. The zero-order chi connectivity index (χ0) is 14.3. The number of rotatable bonds is 6. The first-order chi connectivity index (χ1) is 9.02. The summed E-state index contributed by atoms with van der Waals surface area (Å²) in [5.41, 5.74) is 0. The molecule has 0 aliphatic carbocycles. The molecule has 1 heterocycles. The minimum absolute atomic E-state index is 0.0175. The molecule has 0 radical (unpaired) electrons. The first-order valence-corrected chi connectivity index (χ1v) is 6.29. The fourth-order valence-electron chi connectivity index (χ4n) is 1.59. The lowest BCUT2D eigenvalue weighted by Gasteiger charge is -2.31. The molecule has 3 atom stereocenters. The van der Waals surface area contributed by atoms with Crippen molar-refractivity contribution in [2.24, 2.45) is 0 Å². The van der Waals surface area contributed by atoms with E-state index in [2.05, 4.69) is 0 Å². The van der Waals surface area contributed by atoms with Crippen LogP contribution in [0.3, 0.4) is 0 Å². The van der Waals surface area contributed by atoms with Crippen LogP contribution in [0.15, 0.2) is 12.2 Å². The van der Waals surface area contributed by atoms with Gasteiger partial charge in [-0.1, -0.05) is 6.92 Å². The van der Waals surface area contributed by atoms with Crippen molar-refractivity contribution in [3.63, 3.8) is 0 Å². The third-order valence-electron chi connectivity index (χ3n) is 2.37. The minimum Gasteiger partial charge on any atom is -0.463 e. The summed E-state index contributed by atoms with van der Waals surface area (Å²) in [6.07, 6.45) is 2.62. The van der Waals surface area contributed by atoms with E-state index in [1.165, 1.54) is 13.8 Å². The molecule has 1 aliphatic rings. The summed E-state index contributed by atoms with van der Waals surface area (Å²) in [5, 5.41) is 0. The van der Waals surface area contributed by atoms with Crippen molar-refractivity contribution in [1.29, 1.82) is 0 Å². The molecule has 1 aliphatic heterocycles. The predicted molar refractivity (Wildman–Crippen MR) is 66.2 cm³/mol. The summed E-state index contributed by atoms with van der Waals surface area (Å²) in [6.45, 7) is 5.20. The maximum atomic E-state index is 11.0. The van der Waals surface area contributed by atoms with E-state index in [1.807, 2.05) is 6.92 Å². The van der Waals surface area contributed by atoms with Gasteiger partial charge in [-0.3, -0.25) is 9.59 Å². The van der Waals surface area contributed by atoms with Gasteiger partial charge in [0.1, 0.15) is 18.8 Å². The molecule has 6 heteroatoms. The lowest BCUT2D eigenvalue weighted by molar-refractivity contribution is -0.196. The normalized spacial score (nSPS) is 25.9. The van der Waals surface area contributed by atoms with Crippen LogP contribution in [0.4, 0.5) is 0 Å². The Morgan fingerprint density at radius 3 is 2.53 bits per heavy atom. The molecule has 19 heavy (non-hydrogen) atoms. The van der Waals surface area contributed by atoms with Crippen LogP contribution < -0.4 is 0 Å². The van der Waals surface area contributed by atoms with Crippen LogP contribution in [0.25, 0.3) is 0 Å². The van der Waals surface area contributed by atoms with Gasteiger partial charge < -0.3 is 18.9 Å². The van der Waals surface area contributed by atoms with E-state index in [1.54, 1.807) is 12.2 Å². The zero-order valence-electron chi connectivity index (χ0n) is 11.5. The van der Waals surface area contributed by atoms with Crippen LogP contribution in [-0.2, 0) is 28.5 Å². The van der Waals surface area contributed by atoms with Gasteiger partial charge in [-0.05, 0) is 18.6 Å². The second kappa shape index (κ2) is 7.91. The molecule has 0 aromatic heterocycles. The molecule has 0 N–H and O–H groups in total. The van der Waals surface area contributed by atoms with Crippen LogP contribution in [0.2, 0.25) is 0 Å². The largest absolute Gasteiger partial charge is 0.463 e. The molecular formula is C13H20O6. The van der Waals surface area contributed by atoms with Gasteiger partial charge in [0, 0.05) is 20.5 Å². The summed E-state index contributed by atoms with van der Waals surface area (Å²) >= 11 is 0. The number of carbonyl (C=O) groups excluding carboxylic acids is 2. The third kappa shape index (κ3) is 5.85. The van der Waals surface area contributed by atoms with Gasteiger partial charge >= 0.3 is 11.9 Å². The molecule has 108 valence electrons. The van der Waals surface area contributed by atoms with Gasteiger partial charge in [-0.2, -0.15) is 0 Å². The second-order valence-corrected chi connectivity index (χ2v) is 4.18. The van der Waals surface area contributed by atoms with E-state index in [-0.39, 0.29) is 6.61 Å². The molecule has 0 saturated heterocycles. The van der Waals surface area contributed by atoms with Gasteiger partial charge in [0.15, 0.2) is 6.29 Å². The number of carbonyl (C=O) groups is 2. The first kappa shape index (κ1) is 15.7. The van der Waals surface area contributed by atoms with E-state index in [0.29, 0.717) is 6.61 Å². The standard InChI is InChI=1S/C13H20O6/c1-4-7-16-13-6-5-11(18-10(3)15)12(19-13)8-17-9(2)14/h5-6,11-13H,4,7-8H2,1-3H3/t11-,12+,13-/m0/s1. The minimum atomic E-state index is -0.571. The molecule has 0 aromatic carbocycles. The van der Waals surface area contributed by atoms with Crippen LogP contribution in [0.1, 0.15) is 27.2 Å². The van der Waals surface area contributed by atoms with Gasteiger partial charge in [0.25, 0.3) is 0 Å². The average molecular weight is 272 g/mol. The third-order valence-corrected chi connectivity index (χ3v) is 2.37. The number of hydrogen-bond donors (Lipinski definition) is 0. The maximum absolute atomic E-state index is 11.0. The van der Waals surface area contributed by atoms with Crippen molar-refractivity contribution in [3.05, 3.63) is 12.2 Å². The molecule has 0 amide bonds. The Bertz CT molecular complexity index is 338. The molecular weight excluding hydrogens is 252 g/mol. The Labute approximate surface area is 112 Å². The van der Waals surface area contributed by atoms with Crippen molar-refractivity contribution in [2.75, 3.05) is 13.2 Å². The SMILES string of the molecule is CCCO[C@@H]1C=C[C@H](OC(C)=O)[C@@H](COC(C)=O)O1. The van der Waals surface area contributed by atoms with Crippen molar-refractivity contribution >= 4 is 11.9 Å². The Hall–Kier alpha value is -1.40. The molecule has 0 aromatic rings. The molecule has 0 spiro atoms. The number of esters is 2. The highest BCUT2D eigenvalue weighted by atomic mass is 16.7. The lowest BCUT2D eigenvalue weighted by atomic mass is 10.1. The van der Waals surface area contributed by atoms with Crippen LogP contribution in [0, 0.1) is 0 Å². The fourth-order valence-corrected chi connectivity index (χ4v) is 1.59. The zero-order valence-corrected chi connectivity index (χ0v) is 11.5. The van der Waals surface area contributed by atoms with Crippen LogP contribution in [0.5, 0.6) is 0 Å². The van der Waals surface area contributed by atoms with E-state index in [9.17, 15) is 9.59 Å². The summed E-state index contributed by atoms with van der Waals surface area (Å²) in [5.74, 6) is -0.829. The van der Waals surface area contributed by atoms with E-state index >= 15 is 0 Å². The smallest absolute Gasteiger partial charge is 0.303 e. The average Bonchev–Trinajstić information content (AvgIpc) is 2.35. The topological polar surface area (TPSA) is 71.1 Å². The molecule has 6 nitrogen and oxygen atoms in total. The summed E-state index contributed by atoms with van der Waals surface area (Å²) < 4.78 is 21.0. The Morgan fingerprint density at radius 1 is 1.21 bits per heavy atom. The van der Waals surface area contributed by atoms with Crippen LogP contribution in [-0.4, -0.2) is 43.7 Å². The Morgan fingerprint density at radius 2 is 1.95 bits per heavy atom. The summed E-state index contributed by atoms with van der Waals surface area (Å²) in [7, 11) is 0. The second-order valence-electron chi connectivity index (χ2n) is 4.18. The molecule has 0 fully saturated rings. The summed E-state index contributed by atoms with van der Waals surface area (Å²) in [6, 6.07) is 0. The number of ether oxygens (including phenoxy) is 4. The van der Waals surface area contributed by atoms with Gasteiger partial charge in [-0.15, -0.1) is 0 Å². The van der Waals surface area contributed by atoms with Crippen LogP contribution >= 0.6 is 0 Å². The van der Waals surface area contributed by atoms with Crippen molar-refractivity contribution in [2.45, 2.75) is 45.7 Å². The molecule has 1 rings (SSSR count). The van der Waals surface area contributed by atoms with Crippen molar-refractivity contribution in [3.8, 4) is 0 Å². The Balaban J connectivity index is 2.60.